The number of methoxy groups -OCH3 is 1. The molecule has 0 aliphatic carbocycles. The molecule has 0 radical (unpaired) electrons. The van der Waals surface area contributed by atoms with Crippen LogP contribution >= 0.6 is 0 Å². The molecule has 122 valence electrons. The first-order chi connectivity index (χ1) is 11.6. The van der Waals surface area contributed by atoms with Crippen LogP contribution in [-0.4, -0.2) is 28.4 Å². The lowest BCUT2D eigenvalue weighted by molar-refractivity contribution is 0.0602. The van der Waals surface area contributed by atoms with Crippen molar-refractivity contribution in [2.24, 2.45) is 0 Å². The van der Waals surface area contributed by atoms with Crippen molar-refractivity contribution < 1.29 is 19.4 Å². The summed E-state index contributed by atoms with van der Waals surface area (Å²) in [5.41, 5.74) is 8.11. The number of fused-ring (bicyclic) bond motifs is 1. The molecule has 6 nitrogen and oxygen atoms in total. The van der Waals surface area contributed by atoms with Gasteiger partial charge in [-0.25, -0.2) is 4.79 Å². The van der Waals surface area contributed by atoms with Crippen molar-refractivity contribution in [1.82, 2.24) is 4.40 Å². The predicted octanol–water partition coefficient (Wildman–Crippen LogP) is 2.03. The average molecular weight is 324 g/mol. The number of nitrogens with two attached hydrogens (primary N) is 1. The van der Waals surface area contributed by atoms with Crippen molar-refractivity contribution in [2.45, 2.75) is 6.61 Å². The number of rotatable bonds is 4. The number of anilines is 1. The van der Waals surface area contributed by atoms with Gasteiger partial charge in [0.2, 0.25) is 5.78 Å². The van der Waals surface area contributed by atoms with Gasteiger partial charge in [0.15, 0.2) is 0 Å². The van der Waals surface area contributed by atoms with E-state index in [1.54, 1.807) is 28.8 Å². The van der Waals surface area contributed by atoms with Crippen LogP contribution in [0.15, 0.2) is 48.7 Å². The maximum Gasteiger partial charge on any atom is 0.339 e. The molecule has 24 heavy (non-hydrogen) atoms. The highest BCUT2D eigenvalue weighted by Gasteiger charge is 2.21. The smallest absolute Gasteiger partial charge is 0.339 e. The number of hydrogen-bond acceptors (Lipinski definition) is 5. The van der Waals surface area contributed by atoms with Crippen molar-refractivity contribution in [3.63, 3.8) is 0 Å². The lowest BCUT2D eigenvalue weighted by Gasteiger charge is -2.08. The Bertz CT molecular complexity index is 943. The third kappa shape index (κ3) is 2.53. The van der Waals surface area contributed by atoms with Crippen LogP contribution < -0.4 is 5.73 Å². The number of carbonyl (C=O) groups excluding carboxylic acids is 2. The minimum atomic E-state index is -0.607. The maximum absolute atomic E-state index is 13.0. The van der Waals surface area contributed by atoms with E-state index in [9.17, 15) is 14.7 Å². The first-order valence-electron chi connectivity index (χ1n) is 7.29. The molecule has 0 unspecified atom stereocenters. The second-order valence-electron chi connectivity index (χ2n) is 5.29. The highest BCUT2D eigenvalue weighted by molar-refractivity contribution is 6.11. The van der Waals surface area contributed by atoms with Gasteiger partial charge in [-0.05, 0) is 36.4 Å². The number of esters is 1. The Labute approximate surface area is 138 Å². The molecule has 3 rings (SSSR count). The minimum absolute atomic E-state index is 0.134. The van der Waals surface area contributed by atoms with Crippen LogP contribution in [0.5, 0.6) is 0 Å². The summed E-state index contributed by atoms with van der Waals surface area (Å²) in [5.74, 6) is -0.917. The van der Waals surface area contributed by atoms with E-state index >= 15 is 0 Å². The Balaban J connectivity index is 2.15. The third-order valence-corrected chi connectivity index (χ3v) is 3.86. The largest absolute Gasteiger partial charge is 0.465 e. The molecule has 0 spiro atoms. The number of benzene rings is 1. The maximum atomic E-state index is 13.0. The van der Waals surface area contributed by atoms with Gasteiger partial charge >= 0.3 is 5.97 Å². The SMILES string of the molecule is COC(=O)c1cc(C(=O)c2c(CO)cc3ccccn23)ccc1N. The van der Waals surface area contributed by atoms with Gasteiger partial charge in [0.1, 0.15) is 0 Å². The summed E-state index contributed by atoms with van der Waals surface area (Å²) < 4.78 is 6.39. The van der Waals surface area contributed by atoms with Crippen LogP contribution in [-0.2, 0) is 11.3 Å². The lowest BCUT2D eigenvalue weighted by Crippen LogP contribution is -2.11. The summed E-state index contributed by atoms with van der Waals surface area (Å²) in [6.45, 7) is -0.262. The first-order valence-corrected chi connectivity index (χ1v) is 7.29. The molecule has 6 heteroatoms. The van der Waals surface area contributed by atoms with Gasteiger partial charge < -0.3 is 20.0 Å². The zero-order chi connectivity index (χ0) is 17.3. The molecule has 0 aliphatic rings. The third-order valence-electron chi connectivity index (χ3n) is 3.86. The van der Waals surface area contributed by atoms with Crippen LogP contribution in [0.4, 0.5) is 5.69 Å². The molecule has 0 saturated heterocycles. The van der Waals surface area contributed by atoms with Crippen LogP contribution in [0, 0.1) is 0 Å². The quantitative estimate of drug-likeness (QED) is 0.435. The molecule has 3 aromatic rings. The fraction of sp³-hybridized carbons (Fsp3) is 0.111. The monoisotopic (exact) mass is 324 g/mol. The van der Waals surface area contributed by atoms with E-state index in [4.69, 9.17) is 5.73 Å². The van der Waals surface area contributed by atoms with E-state index in [1.165, 1.54) is 19.2 Å². The molecule has 1 aromatic carbocycles. The van der Waals surface area contributed by atoms with Gasteiger partial charge in [-0.3, -0.25) is 4.79 Å². The lowest BCUT2D eigenvalue weighted by atomic mass is 10.0. The number of carbonyl (C=O) groups is 2. The van der Waals surface area contributed by atoms with Gasteiger partial charge in [0.25, 0.3) is 0 Å². The molecule has 0 bridgehead atoms. The Hall–Kier alpha value is -3.12. The van der Waals surface area contributed by atoms with Gasteiger partial charge in [-0.15, -0.1) is 0 Å². The second kappa shape index (κ2) is 6.17. The molecular formula is C18H16N2O4. The molecule has 0 atom stereocenters. The average Bonchev–Trinajstić information content (AvgIpc) is 2.99. The Morgan fingerprint density at radius 3 is 2.71 bits per heavy atom. The van der Waals surface area contributed by atoms with E-state index in [-0.39, 0.29) is 23.6 Å². The summed E-state index contributed by atoms with van der Waals surface area (Å²) in [6, 6.07) is 11.7. The van der Waals surface area contributed by atoms with Crippen molar-refractivity contribution in [3.8, 4) is 0 Å². The molecule has 0 saturated carbocycles. The highest BCUT2D eigenvalue weighted by atomic mass is 16.5. The molecule has 0 amide bonds. The summed E-state index contributed by atoms with van der Waals surface area (Å²) in [7, 11) is 1.25. The summed E-state index contributed by atoms with van der Waals surface area (Å²) in [4.78, 5) is 24.7. The van der Waals surface area contributed by atoms with Gasteiger partial charge in [-0.2, -0.15) is 0 Å². The molecule has 3 N–H and O–H groups in total. The van der Waals surface area contributed by atoms with Crippen molar-refractivity contribution in [1.29, 1.82) is 0 Å². The summed E-state index contributed by atoms with van der Waals surface area (Å²) in [6.07, 6.45) is 1.75. The zero-order valence-electron chi connectivity index (χ0n) is 13.0. The molecule has 0 fully saturated rings. The number of nitrogen functional groups attached to an aromatic ring is 1. The Kier molecular flexibility index (Phi) is 4.05. The Morgan fingerprint density at radius 2 is 2.00 bits per heavy atom. The van der Waals surface area contributed by atoms with Crippen LogP contribution in [0.2, 0.25) is 0 Å². The topological polar surface area (TPSA) is 94.0 Å². The summed E-state index contributed by atoms with van der Waals surface area (Å²) in [5, 5.41) is 9.58. The number of aliphatic hydroxyl groups is 1. The van der Waals surface area contributed by atoms with E-state index in [0.717, 1.165) is 5.52 Å². The Morgan fingerprint density at radius 1 is 1.21 bits per heavy atom. The number of aliphatic hydroxyl groups excluding tert-OH is 1. The van der Waals surface area contributed by atoms with E-state index in [0.29, 0.717) is 16.8 Å². The van der Waals surface area contributed by atoms with E-state index < -0.39 is 5.97 Å². The second-order valence-corrected chi connectivity index (χ2v) is 5.29. The van der Waals surface area contributed by atoms with E-state index in [2.05, 4.69) is 4.74 Å². The first kappa shape index (κ1) is 15.8. The van der Waals surface area contributed by atoms with Crippen LogP contribution in [0.3, 0.4) is 0 Å². The number of nitrogens with zero attached hydrogens (tertiary/aromatic N) is 1. The number of ketones is 1. The predicted molar refractivity (Wildman–Crippen MR) is 88.9 cm³/mol. The molecule has 0 aliphatic heterocycles. The highest BCUT2D eigenvalue weighted by Crippen LogP contribution is 2.23. The number of hydrogen-bond donors (Lipinski definition) is 2. The summed E-state index contributed by atoms with van der Waals surface area (Å²) >= 11 is 0. The van der Waals surface area contributed by atoms with Gasteiger partial charge in [0, 0.05) is 28.5 Å². The fourth-order valence-electron chi connectivity index (χ4n) is 2.68. The fourth-order valence-corrected chi connectivity index (χ4v) is 2.68. The van der Waals surface area contributed by atoms with Crippen LogP contribution in [0.1, 0.15) is 32.0 Å². The number of aromatic nitrogens is 1. The number of ether oxygens (including phenoxy) is 1. The van der Waals surface area contributed by atoms with Crippen molar-refractivity contribution >= 4 is 23.0 Å². The van der Waals surface area contributed by atoms with Crippen LogP contribution in [0.25, 0.3) is 5.52 Å². The molecule has 2 aromatic heterocycles. The zero-order valence-corrected chi connectivity index (χ0v) is 13.0. The normalized spacial score (nSPS) is 10.8. The van der Waals surface area contributed by atoms with Crippen molar-refractivity contribution in [2.75, 3.05) is 12.8 Å². The minimum Gasteiger partial charge on any atom is -0.465 e. The number of pyridine rings is 1. The van der Waals surface area contributed by atoms with Gasteiger partial charge in [-0.1, -0.05) is 6.07 Å². The van der Waals surface area contributed by atoms with Gasteiger partial charge in [0.05, 0.1) is 25.0 Å². The molecule has 2 heterocycles. The standard InChI is InChI=1S/C18H16N2O4/c1-24-18(23)14-9-11(5-6-15(14)19)17(22)16-12(10-21)8-13-4-2-3-7-20(13)16/h2-9,21H,10,19H2,1H3. The molecular weight excluding hydrogens is 308 g/mol. The van der Waals surface area contributed by atoms with Crippen molar-refractivity contribution in [3.05, 3.63) is 71.0 Å². The van der Waals surface area contributed by atoms with E-state index in [1.807, 2.05) is 12.1 Å².